The Morgan fingerprint density at radius 3 is 3.06 bits per heavy atom. The number of imidazole rings is 1. The Hall–Kier alpha value is -1.84. The summed E-state index contributed by atoms with van der Waals surface area (Å²) in [5.74, 6) is 0.859. The molecule has 2 rings (SSSR count). The second kappa shape index (κ2) is 5.48. The van der Waals surface area contributed by atoms with E-state index in [1.165, 1.54) is 12.1 Å². The number of benzene rings is 1. The van der Waals surface area contributed by atoms with Crippen LogP contribution in [-0.4, -0.2) is 16.1 Å². The fourth-order valence-electron chi connectivity index (χ4n) is 1.78. The molecule has 0 atom stereocenters. The Kier molecular flexibility index (Phi) is 3.75. The molecule has 1 aromatic carbocycles. The maximum atomic E-state index is 12.9. The highest BCUT2D eigenvalue weighted by Crippen LogP contribution is 2.08. The van der Waals surface area contributed by atoms with E-state index < -0.39 is 0 Å². The van der Waals surface area contributed by atoms with Crippen molar-refractivity contribution in [2.24, 2.45) is 0 Å². The molecule has 0 saturated heterocycles. The van der Waals surface area contributed by atoms with Crippen LogP contribution in [0.2, 0.25) is 0 Å². The fourth-order valence-corrected chi connectivity index (χ4v) is 1.78. The molecule has 2 aromatic rings. The predicted molar refractivity (Wildman–Crippen MR) is 66.5 cm³/mol. The number of aromatic nitrogens is 2. The standard InChI is InChI=1S/C13H16FN3/c1-2-13-16-7-9-17(13)8-6-15-12-5-3-4-11(14)10-12/h3-5,7,9-10,15H,2,6,8H2,1H3. The first-order valence-electron chi connectivity index (χ1n) is 5.79. The number of nitrogens with one attached hydrogen (secondary N) is 1. The molecule has 3 nitrogen and oxygen atoms in total. The van der Waals surface area contributed by atoms with Gasteiger partial charge in [0, 0.05) is 37.6 Å². The van der Waals surface area contributed by atoms with Gasteiger partial charge >= 0.3 is 0 Å². The maximum Gasteiger partial charge on any atom is 0.125 e. The van der Waals surface area contributed by atoms with Gasteiger partial charge < -0.3 is 9.88 Å². The predicted octanol–water partition coefficient (Wildman–Crippen LogP) is 2.70. The van der Waals surface area contributed by atoms with Crippen LogP contribution in [0.3, 0.4) is 0 Å². The first kappa shape index (κ1) is 11.6. The fraction of sp³-hybridized carbons (Fsp3) is 0.308. The lowest BCUT2D eigenvalue weighted by molar-refractivity contribution is 0.627. The van der Waals surface area contributed by atoms with Gasteiger partial charge in [-0.2, -0.15) is 0 Å². The summed E-state index contributed by atoms with van der Waals surface area (Å²) < 4.78 is 15.0. The zero-order valence-corrected chi connectivity index (χ0v) is 9.86. The Bertz CT molecular complexity index is 479. The number of anilines is 1. The van der Waals surface area contributed by atoms with Crippen LogP contribution in [0.1, 0.15) is 12.7 Å². The molecule has 1 aromatic heterocycles. The topological polar surface area (TPSA) is 29.9 Å². The lowest BCUT2D eigenvalue weighted by atomic mass is 10.3. The summed E-state index contributed by atoms with van der Waals surface area (Å²) in [7, 11) is 0. The molecule has 0 saturated carbocycles. The minimum absolute atomic E-state index is 0.216. The summed E-state index contributed by atoms with van der Waals surface area (Å²) >= 11 is 0. The molecule has 0 amide bonds. The minimum atomic E-state index is -0.216. The van der Waals surface area contributed by atoms with E-state index in [9.17, 15) is 4.39 Å². The Morgan fingerprint density at radius 1 is 1.41 bits per heavy atom. The van der Waals surface area contributed by atoms with E-state index >= 15 is 0 Å². The van der Waals surface area contributed by atoms with Crippen LogP contribution in [0, 0.1) is 5.82 Å². The molecule has 0 radical (unpaired) electrons. The number of hydrogen-bond acceptors (Lipinski definition) is 2. The van der Waals surface area contributed by atoms with Gasteiger partial charge in [0.25, 0.3) is 0 Å². The Labute approximate surface area is 100 Å². The maximum absolute atomic E-state index is 12.9. The molecule has 1 heterocycles. The monoisotopic (exact) mass is 233 g/mol. The third-order valence-corrected chi connectivity index (χ3v) is 2.62. The van der Waals surface area contributed by atoms with Crippen LogP contribution < -0.4 is 5.32 Å². The van der Waals surface area contributed by atoms with E-state index in [0.717, 1.165) is 31.0 Å². The van der Waals surface area contributed by atoms with Crippen molar-refractivity contribution < 1.29 is 4.39 Å². The van der Waals surface area contributed by atoms with Gasteiger partial charge in [0.05, 0.1) is 0 Å². The highest BCUT2D eigenvalue weighted by Gasteiger charge is 1.99. The van der Waals surface area contributed by atoms with Crippen molar-refractivity contribution in [1.29, 1.82) is 0 Å². The van der Waals surface area contributed by atoms with Crippen molar-refractivity contribution in [3.8, 4) is 0 Å². The number of aryl methyl sites for hydroxylation is 1. The molecule has 0 fully saturated rings. The van der Waals surface area contributed by atoms with E-state index in [1.807, 2.05) is 12.3 Å². The van der Waals surface area contributed by atoms with Gasteiger partial charge in [0.2, 0.25) is 0 Å². The zero-order chi connectivity index (χ0) is 12.1. The Balaban J connectivity index is 1.87. The van der Waals surface area contributed by atoms with Gasteiger partial charge in [-0.05, 0) is 18.2 Å². The van der Waals surface area contributed by atoms with Gasteiger partial charge in [-0.1, -0.05) is 13.0 Å². The third-order valence-electron chi connectivity index (χ3n) is 2.62. The van der Waals surface area contributed by atoms with Crippen molar-refractivity contribution in [2.75, 3.05) is 11.9 Å². The van der Waals surface area contributed by atoms with Crippen LogP contribution in [0.5, 0.6) is 0 Å². The smallest absolute Gasteiger partial charge is 0.125 e. The molecule has 0 aliphatic heterocycles. The lowest BCUT2D eigenvalue weighted by Gasteiger charge is -2.09. The van der Waals surface area contributed by atoms with Crippen molar-refractivity contribution in [3.05, 3.63) is 48.3 Å². The molecular weight excluding hydrogens is 217 g/mol. The van der Waals surface area contributed by atoms with E-state index in [1.54, 1.807) is 12.3 Å². The van der Waals surface area contributed by atoms with Gasteiger partial charge in [0.15, 0.2) is 0 Å². The summed E-state index contributed by atoms with van der Waals surface area (Å²) in [6, 6.07) is 6.49. The van der Waals surface area contributed by atoms with Crippen LogP contribution in [0.25, 0.3) is 0 Å². The van der Waals surface area contributed by atoms with Crippen LogP contribution in [0.4, 0.5) is 10.1 Å². The highest BCUT2D eigenvalue weighted by molar-refractivity contribution is 5.42. The largest absolute Gasteiger partial charge is 0.383 e. The number of hydrogen-bond donors (Lipinski definition) is 1. The zero-order valence-electron chi connectivity index (χ0n) is 9.86. The van der Waals surface area contributed by atoms with Gasteiger partial charge in [-0.15, -0.1) is 0 Å². The summed E-state index contributed by atoms with van der Waals surface area (Å²) in [4.78, 5) is 4.25. The molecule has 0 bridgehead atoms. The average Bonchev–Trinajstić information content (AvgIpc) is 2.77. The molecule has 90 valence electrons. The van der Waals surface area contributed by atoms with Crippen LogP contribution in [0.15, 0.2) is 36.7 Å². The van der Waals surface area contributed by atoms with Crippen LogP contribution >= 0.6 is 0 Å². The second-order valence-corrected chi connectivity index (χ2v) is 3.83. The third kappa shape index (κ3) is 3.06. The van der Waals surface area contributed by atoms with E-state index in [4.69, 9.17) is 0 Å². The van der Waals surface area contributed by atoms with Gasteiger partial charge in [-0.3, -0.25) is 0 Å². The lowest BCUT2D eigenvalue weighted by Crippen LogP contribution is -2.12. The second-order valence-electron chi connectivity index (χ2n) is 3.83. The molecule has 0 unspecified atom stereocenters. The molecule has 1 N–H and O–H groups in total. The SMILES string of the molecule is CCc1nccn1CCNc1cccc(F)c1. The van der Waals surface area contributed by atoms with Crippen LogP contribution in [-0.2, 0) is 13.0 Å². The van der Waals surface area contributed by atoms with Crippen molar-refractivity contribution >= 4 is 5.69 Å². The number of nitrogens with zero attached hydrogens (tertiary/aromatic N) is 2. The molecular formula is C13H16FN3. The normalized spacial score (nSPS) is 10.5. The van der Waals surface area contributed by atoms with E-state index in [0.29, 0.717) is 0 Å². The van der Waals surface area contributed by atoms with E-state index in [2.05, 4.69) is 21.8 Å². The highest BCUT2D eigenvalue weighted by atomic mass is 19.1. The molecule has 0 spiro atoms. The van der Waals surface area contributed by atoms with Gasteiger partial charge in [-0.25, -0.2) is 9.37 Å². The summed E-state index contributed by atoms with van der Waals surface area (Å²) in [6.45, 7) is 3.67. The summed E-state index contributed by atoms with van der Waals surface area (Å²) in [5, 5.41) is 3.19. The number of rotatable bonds is 5. The summed E-state index contributed by atoms with van der Waals surface area (Å²) in [5.41, 5.74) is 0.808. The summed E-state index contributed by atoms with van der Waals surface area (Å²) in [6.07, 6.45) is 4.69. The quantitative estimate of drug-likeness (QED) is 0.860. The number of halogens is 1. The molecule has 17 heavy (non-hydrogen) atoms. The minimum Gasteiger partial charge on any atom is -0.383 e. The molecule has 0 aliphatic rings. The van der Waals surface area contributed by atoms with Crippen molar-refractivity contribution in [2.45, 2.75) is 19.9 Å². The average molecular weight is 233 g/mol. The Morgan fingerprint density at radius 2 is 2.29 bits per heavy atom. The van der Waals surface area contributed by atoms with E-state index in [-0.39, 0.29) is 5.82 Å². The van der Waals surface area contributed by atoms with Crippen molar-refractivity contribution in [3.63, 3.8) is 0 Å². The van der Waals surface area contributed by atoms with Crippen molar-refractivity contribution in [1.82, 2.24) is 9.55 Å². The first-order chi connectivity index (χ1) is 8.29. The first-order valence-corrected chi connectivity index (χ1v) is 5.79. The molecule has 0 aliphatic carbocycles. The van der Waals surface area contributed by atoms with Gasteiger partial charge in [0.1, 0.15) is 11.6 Å². The molecule has 4 heteroatoms.